The average Bonchev–Trinajstić information content (AvgIpc) is 3.86. The van der Waals surface area contributed by atoms with Crippen LogP contribution in [0.1, 0.15) is 39.4 Å². The fourth-order valence-electron chi connectivity index (χ4n) is 7.67. The van der Waals surface area contributed by atoms with E-state index >= 15 is 0 Å². The summed E-state index contributed by atoms with van der Waals surface area (Å²) in [6, 6.07) is 42.3. The molecule has 1 amide bonds. The highest BCUT2D eigenvalue weighted by Gasteiger charge is 2.39. The van der Waals surface area contributed by atoms with E-state index in [0.717, 1.165) is 38.9 Å². The molecule has 8 rings (SSSR count). The molecule has 0 bridgehead atoms. The second-order valence-corrected chi connectivity index (χ2v) is 13.6. The monoisotopic (exact) mass is 785 g/mol. The Kier molecular flexibility index (Phi) is 10.3. The highest BCUT2D eigenvalue weighted by molar-refractivity contribution is 5.84. The maximum atomic E-state index is 14.7. The molecule has 7 nitrogen and oxygen atoms in total. The van der Waals surface area contributed by atoms with Gasteiger partial charge in [0.15, 0.2) is 0 Å². The van der Waals surface area contributed by atoms with Crippen LogP contribution in [0, 0.1) is 29.1 Å². The van der Waals surface area contributed by atoms with E-state index in [1.54, 1.807) is 12.5 Å². The zero-order chi connectivity index (χ0) is 40.4. The molecule has 0 saturated carbocycles. The van der Waals surface area contributed by atoms with Crippen LogP contribution in [-0.4, -0.2) is 34.3 Å². The number of carbonyl (C=O) groups excluding carboxylic acids is 2. The lowest BCUT2D eigenvalue weighted by molar-refractivity contribution is -0.137. The predicted octanol–water partition coefficient (Wildman–Crippen LogP) is 9.47. The molecule has 58 heavy (non-hydrogen) atoms. The van der Waals surface area contributed by atoms with E-state index in [2.05, 4.69) is 10.3 Å². The molecule has 0 fully saturated rings. The largest absolute Gasteiger partial charge is 0.449 e. The van der Waals surface area contributed by atoms with Crippen LogP contribution in [0.15, 0.2) is 152 Å². The van der Waals surface area contributed by atoms with Crippen LogP contribution in [0.3, 0.4) is 0 Å². The van der Waals surface area contributed by atoms with Gasteiger partial charge in [-0.2, -0.15) is 8.78 Å². The highest BCUT2D eigenvalue weighted by Crippen LogP contribution is 2.45. The van der Waals surface area contributed by atoms with Gasteiger partial charge in [0.25, 0.3) is 0 Å². The molecule has 1 aliphatic rings. The SMILES string of the molecule is O=C(N[C@@H](Cc1cn(C(c2ccccc2)(c2ccccc2)c2ccccc2)cn1)C(=O)Oc1c(F)c(F)c(F)c(F)c1F)OCC1c2ccccc2-c2ccccc21. The maximum Gasteiger partial charge on any atom is 0.407 e. The van der Waals surface area contributed by atoms with E-state index < -0.39 is 64.9 Å². The number of ether oxygens (including phenoxy) is 2. The molecule has 6 aromatic carbocycles. The van der Waals surface area contributed by atoms with Crippen LogP contribution in [-0.2, 0) is 21.5 Å². The first-order valence-electron chi connectivity index (χ1n) is 18.2. The van der Waals surface area contributed by atoms with Crippen LogP contribution in [0.5, 0.6) is 5.75 Å². The minimum absolute atomic E-state index is 0.151. The summed E-state index contributed by atoms with van der Waals surface area (Å²) < 4.78 is 84.0. The Labute approximate surface area is 329 Å². The van der Waals surface area contributed by atoms with Gasteiger partial charge in [0.2, 0.25) is 34.8 Å². The van der Waals surface area contributed by atoms with Crippen molar-refractivity contribution in [3.8, 4) is 16.9 Å². The molecule has 7 aromatic rings. The topological polar surface area (TPSA) is 82.5 Å². The first kappa shape index (κ1) is 37.8. The van der Waals surface area contributed by atoms with Crippen LogP contribution in [0.2, 0.25) is 0 Å². The normalized spacial score (nSPS) is 12.7. The lowest BCUT2D eigenvalue weighted by atomic mass is 9.77. The van der Waals surface area contributed by atoms with E-state index in [1.165, 1.54) is 0 Å². The number of fused-ring (bicyclic) bond motifs is 3. The molecule has 290 valence electrons. The second-order valence-electron chi connectivity index (χ2n) is 13.6. The summed E-state index contributed by atoms with van der Waals surface area (Å²) in [5.74, 6) is -15.4. The lowest BCUT2D eigenvalue weighted by Gasteiger charge is -2.37. The zero-order valence-electron chi connectivity index (χ0n) is 30.4. The molecule has 12 heteroatoms. The number of aromatic nitrogens is 2. The molecular formula is C46H32F5N3O4. The molecule has 0 saturated heterocycles. The number of imidazole rings is 1. The molecule has 1 N–H and O–H groups in total. The summed E-state index contributed by atoms with van der Waals surface area (Å²) in [4.78, 5) is 31.8. The summed E-state index contributed by atoms with van der Waals surface area (Å²) in [5, 5.41) is 2.39. The number of amides is 1. The third-order valence-electron chi connectivity index (χ3n) is 10.3. The number of carbonyl (C=O) groups is 2. The third kappa shape index (κ3) is 6.76. The Morgan fingerprint density at radius 3 is 1.59 bits per heavy atom. The minimum atomic E-state index is -2.42. The number of rotatable bonds is 11. The first-order chi connectivity index (χ1) is 28.2. The smallest absolute Gasteiger partial charge is 0.407 e. The van der Waals surface area contributed by atoms with E-state index in [4.69, 9.17) is 9.47 Å². The number of esters is 1. The standard InChI is InChI=1S/C46H32F5N3O4/c47-38-39(48)41(50)43(42(51)40(38)49)58-44(55)37(53-45(56)57-26-36-34-22-12-10-20-32(34)33-21-11-13-23-35(33)36)24-31-25-54(27-52-31)46(28-14-4-1-5-15-28,29-16-6-2-7-17-29)30-18-8-3-9-19-30/h1-23,25,27,36-37H,24,26H2,(H,53,56)/t37-/m0/s1. The number of halogens is 5. The maximum absolute atomic E-state index is 14.7. The molecule has 0 unspecified atom stereocenters. The number of nitrogens with zero attached hydrogens (tertiary/aromatic N) is 2. The zero-order valence-corrected chi connectivity index (χ0v) is 30.4. The number of benzene rings is 6. The number of hydrogen-bond acceptors (Lipinski definition) is 5. The first-order valence-corrected chi connectivity index (χ1v) is 18.2. The van der Waals surface area contributed by atoms with Crippen LogP contribution >= 0.6 is 0 Å². The van der Waals surface area contributed by atoms with Crippen LogP contribution in [0.4, 0.5) is 26.7 Å². The fraction of sp³-hybridized carbons (Fsp3) is 0.109. The summed E-state index contributed by atoms with van der Waals surface area (Å²) in [6.07, 6.45) is 1.64. The van der Waals surface area contributed by atoms with Gasteiger partial charge in [-0.1, -0.05) is 140 Å². The Balaban J connectivity index is 1.14. The van der Waals surface area contributed by atoms with Crippen molar-refractivity contribution in [1.82, 2.24) is 14.9 Å². The van der Waals surface area contributed by atoms with Gasteiger partial charge in [-0.15, -0.1) is 0 Å². The van der Waals surface area contributed by atoms with Crippen molar-refractivity contribution in [3.63, 3.8) is 0 Å². The average molecular weight is 786 g/mol. The van der Waals surface area contributed by atoms with Crippen molar-refractivity contribution >= 4 is 12.1 Å². The highest BCUT2D eigenvalue weighted by atomic mass is 19.2. The van der Waals surface area contributed by atoms with Crippen LogP contribution in [0.25, 0.3) is 11.1 Å². The van der Waals surface area contributed by atoms with Gasteiger partial charge in [0.1, 0.15) is 18.2 Å². The fourth-order valence-corrected chi connectivity index (χ4v) is 7.67. The van der Waals surface area contributed by atoms with E-state index in [0.29, 0.717) is 0 Å². The Morgan fingerprint density at radius 2 is 1.09 bits per heavy atom. The van der Waals surface area contributed by atoms with Crippen molar-refractivity contribution in [2.45, 2.75) is 23.9 Å². The van der Waals surface area contributed by atoms with E-state index in [1.807, 2.05) is 144 Å². The number of nitrogens with one attached hydrogen (secondary N) is 1. The molecular weight excluding hydrogens is 754 g/mol. The summed E-state index contributed by atoms with van der Waals surface area (Å²) in [6.45, 7) is -0.151. The quantitative estimate of drug-likeness (QED) is 0.0353. The Bertz CT molecular complexity index is 2450. The summed E-state index contributed by atoms with van der Waals surface area (Å²) in [7, 11) is 0. The van der Waals surface area contributed by atoms with Crippen LogP contribution < -0.4 is 10.1 Å². The van der Waals surface area contributed by atoms with Gasteiger partial charge in [0, 0.05) is 18.5 Å². The van der Waals surface area contributed by atoms with Gasteiger partial charge in [-0.3, -0.25) is 0 Å². The minimum Gasteiger partial charge on any atom is -0.449 e. The van der Waals surface area contributed by atoms with E-state index in [-0.39, 0.29) is 18.2 Å². The van der Waals surface area contributed by atoms with Gasteiger partial charge < -0.3 is 19.4 Å². The Morgan fingerprint density at radius 1 is 0.638 bits per heavy atom. The molecule has 1 aromatic heterocycles. The lowest BCUT2D eigenvalue weighted by Crippen LogP contribution is -2.45. The van der Waals surface area contributed by atoms with Gasteiger partial charge in [-0.05, 0) is 38.9 Å². The molecule has 0 radical (unpaired) electrons. The number of alkyl carbamates (subject to hydrolysis) is 1. The van der Waals surface area contributed by atoms with E-state index in [9.17, 15) is 31.5 Å². The molecule has 0 aliphatic heterocycles. The third-order valence-corrected chi connectivity index (χ3v) is 10.3. The van der Waals surface area contributed by atoms with Crippen molar-refractivity contribution in [2.75, 3.05) is 6.61 Å². The molecule has 1 heterocycles. The van der Waals surface area contributed by atoms with Crippen molar-refractivity contribution in [3.05, 3.63) is 215 Å². The number of hydrogen-bond donors (Lipinski definition) is 1. The van der Waals surface area contributed by atoms with Gasteiger partial charge in [0.05, 0.1) is 12.0 Å². The molecule has 1 aliphatic carbocycles. The second kappa shape index (κ2) is 15.8. The van der Waals surface area contributed by atoms with Crippen molar-refractivity contribution < 1.29 is 41.0 Å². The van der Waals surface area contributed by atoms with Crippen molar-refractivity contribution in [1.29, 1.82) is 0 Å². The summed E-state index contributed by atoms with van der Waals surface area (Å²) >= 11 is 0. The molecule has 1 atom stereocenters. The predicted molar refractivity (Wildman–Crippen MR) is 204 cm³/mol. The van der Waals surface area contributed by atoms with Gasteiger partial charge in [-0.25, -0.2) is 27.7 Å². The van der Waals surface area contributed by atoms with Gasteiger partial charge >= 0.3 is 12.1 Å². The Hall–Kier alpha value is -7.08. The molecule has 0 spiro atoms. The van der Waals surface area contributed by atoms with Crippen molar-refractivity contribution in [2.24, 2.45) is 0 Å². The summed E-state index contributed by atoms with van der Waals surface area (Å²) in [5.41, 5.74) is 5.55.